The van der Waals surface area contributed by atoms with E-state index >= 15 is 0 Å². The molecule has 1 amide bonds. The van der Waals surface area contributed by atoms with Gasteiger partial charge in [-0.15, -0.1) is 12.4 Å². The maximum Gasteiger partial charge on any atom is 0.225 e. The summed E-state index contributed by atoms with van der Waals surface area (Å²) >= 11 is 0. The Morgan fingerprint density at radius 2 is 2.00 bits per heavy atom. The number of aryl methyl sites for hydroxylation is 1. The normalized spacial score (nSPS) is 30.8. The van der Waals surface area contributed by atoms with Crippen LogP contribution in [0.3, 0.4) is 0 Å². The van der Waals surface area contributed by atoms with Crippen molar-refractivity contribution in [3.63, 3.8) is 0 Å². The number of hydrogen-bond donors (Lipinski definition) is 2. The van der Waals surface area contributed by atoms with Crippen LogP contribution in [0.25, 0.3) is 0 Å². The lowest BCUT2D eigenvalue weighted by Gasteiger charge is -2.38. The molecule has 0 radical (unpaired) electrons. The Kier molecular flexibility index (Phi) is 5.51. The molecule has 1 saturated carbocycles. The van der Waals surface area contributed by atoms with Crippen LogP contribution in [0.5, 0.6) is 0 Å². The Balaban J connectivity index is 0.00000176. The number of rotatable bonds is 2. The molecule has 3 atom stereocenters. The van der Waals surface area contributed by atoms with Gasteiger partial charge in [0.2, 0.25) is 5.91 Å². The van der Waals surface area contributed by atoms with Gasteiger partial charge in [0, 0.05) is 5.54 Å². The van der Waals surface area contributed by atoms with Crippen molar-refractivity contribution < 1.29 is 4.79 Å². The van der Waals surface area contributed by atoms with Crippen LogP contribution in [0.1, 0.15) is 62.6 Å². The average Bonchev–Trinajstić information content (AvgIpc) is 2.47. The van der Waals surface area contributed by atoms with Gasteiger partial charge in [-0.3, -0.25) is 4.79 Å². The second kappa shape index (κ2) is 7.01. The molecule has 3 N–H and O–H groups in total. The van der Waals surface area contributed by atoms with Crippen LogP contribution < -0.4 is 11.1 Å². The van der Waals surface area contributed by atoms with Gasteiger partial charge in [-0.1, -0.05) is 37.1 Å². The summed E-state index contributed by atoms with van der Waals surface area (Å²) in [5.41, 5.74) is 8.69. The predicted octanol–water partition coefficient (Wildman–Crippen LogP) is 3.51. The lowest BCUT2D eigenvalue weighted by Crippen LogP contribution is -2.53. The Hall–Kier alpha value is -1.06. The van der Waals surface area contributed by atoms with Gasteiger partial charge >= 0.3 is 0 Å². The fraction of sp³-hybridized carbons (Fsp3) is 0.611. The van der Waals surface area contributed by atoms with Crippen LogP contribution in [0.4, 0.5) is 0 Å². The molecule has 22 heavy (non-hydrogen) atoms. The number of fused-ring (bicyclic) bond motifs is 1. The summed E-state index contributed by atoms with van der Waals surface area (Å²) in [4.78, 5) is 12.7. The SMILES string of the molecule is CC1(N)CCCCC1C(=O)NC1CCCc2ccccc21.Cl. The molecule has 0 saturated heterocycles. The number of nitrogens with one attached hydrogen (secondary N) is 1. The number of halogens is 1. The highest BCUT2D eigenvalue weighted by molar-refractivity contribution is 5.85. The molecule has 2 aliphatic carbocycles. The monoisotopic (exact) mass is 322 g/mol. The number of carbonyl (C=O) groups is 1. The molecule has 4 heteroatoms. The molecule has 3 nitrogen and oxygen atoms in total. The number of hydrogen-bond acceptors (Lipinski definition) is 2. The van der Waals surface area contributed by atoms with E-state index < -0.39 is 0 Å². The highest BCUT2D eigenvalue weighted by Crippen LogP contribution is 2.34. The van der Waals surface area contributed by atoms with Crippen molar-refractivity contribution in [2.75, 3.05) is 0 Å². The second-order valence-electron chi connectivity index (χ2n) is 6.96. The summed E-state index contributed by atoms with van der Waals surface area (Å²) in [5.74, 6) is 0.113. The van der Waals surface area contributed by atoms with Crippen molar-refractivity contribution >= 4 is 18.3 Å². The summed E-state index contributed by atoms with van der Waals surface area (Å²) in [5, 5.41) is 3.28. The van der Waals surface area contributed by atoms with E-state index in [4.69, 9.17) is 5.73 Å². The minimum atomic E-state index is -0.351. The van der Waals surface area contributed by atoms with Crippen molar-refractivity contribution in [1.29, 1.82) is 0 Å². The molecule has 0 aromatic heterocycles. The molecule has 3 rings (SSSR count). The summed E-state index contributed by atoms with van der Waals surface area (Å²) in [6, 6.07) is 8.65. The number of amides is 1. The van der Waals surface area contributed by atoms with E-state index in [9.17, 15) is 4.79 Å². The fourth-order valence-electron chi connectivity index (χ4n) is 3.97. The van der Waals surface area contributed by atoms with Gasteiger partial charge in [-0.25, -0.2) is 0 Å². The standard InChI is InChI=1S/C18H26N2O.ClH/c1-18(19)12-5-4-10-15(18)17(21)20-16-11-6-8-13-7-2-3-9-14(13)16;/h2-3,7,9,15-16H,4-6,8,10-12,19H2,1H3,(H,20,21);1H. The molecule has 2 aliphatic rings. The molecule has 0 heterocycles. The first-order valence-electron chi connectivity index (χ1n) is 8.25. The number of carbonyl (C=O) groups excluding carboxylic acids is 1. The third kappa shape index (κ3) is 3.47. The van der Waals surface area contributed by atoms with Gasteiger partial charge < -0.3 is 11.1 Å². The lowest BCUT2D eigenvalue weighted by molar-refractivity contribution is -0.129. The first kappa shape index (κ1) is 17.3. The maximum absolute atomic E-state index is 12.7. The largest absolute Gasteiger partial charge is 0.349 e. The Morgan fingerprint density at radius 1 is 1.23 bits per heavy atom. The summed E-state index contributed by atoms with van der Waals surface area (Å²) in [7, 11) is 0. The van der Waals surface area contributed by atoms with E-state index in [-0.39, 0.29) is 35.8 Å². The molecule has 1 fully saturated rings. The quantitative estimate of drug-likeness (QED) is 0.875. The smallest absolute Gasteiger partial charge is 0.225 e. The molecule has 0 bridgehead atoms. The van der Waals surface area contributed by atoms with Crippen LogP contribution in [-0.4, -0.2) is 11.4 Å². The molecule has 1 aromatic rings. The Labute approximate surface area is 139 Å². The van der Waals surface area contributed by atoms with Crippen LogP contribution in [0.2, 0.25) is 0 Å². The van der Waals surface area contributed by atoms with Crippen LogP contribution >= 0.6 is 12.4 Å². The van der Waals surface area contributed by atoms with Gasteiger partial charge in [0.25, 0.3) is 0 Å². The summed E-state index contributed by atoms with van der Waals surface area (Å²) in [6.45, 7) is 2.03. The number of benzene rings is 1. The maximum atomic E-state index is 12.7. The fourth-order valence-corrected chi connectivity index (χ4v) is 3.97. The zero-order valence-electron chi connectivity index (χ0n) is 13.3. The second-order valence-corrected chi connectivity index (χ2v) is 6.96. The van der Waals surface area contributed by atoms with E-state index in [0.29, 0.717) is 0 Å². The van der Waals surface area contributed by atoms with Crippen molar-refractivity contribution in [1.82, 2.24) is 5.32 Å². The van der Waals surface area contributed by atoms with E-state index in [1.165, 1.54) is 11.1 Å². The van der Waals surface area contributed by atoms with Crippen molar-refractivity contribution in [2.45, 2.75) is 63.5 Å². The van der Waals surface area contributed by atoms with Gasteiger partial charge in [-0.2, -0.15) is 0 Å². The number of nitrogens with two attached hydrogens (primary N) is 1. The van der Waals surface area contributed by atoms with Crippen molar-refractivity contribution in [3.8, 4) is 0 Å². The molecular formula is C18H27ClN2O. The first-order valence-corrected chi connectivity index (χ1v) is 8.25. The van der Waals surface area contributed by atoms with E-state index in [1.54, 1.807) is 0 Å². The first-order chi connectivity index (χ1) is 10.1. The van der Waals surface area contributed by atoms with E-state index in [0.717, 1.165) is 44.9 Å². The third-order valence-corrected chi connectivity index (χ3v) is 5.26. The summed E-state index contributed by atoms with van der Waals surface area (Å²) in [6.07, 6.45) is 7.44. The molecule has 1 aromatic carbocycles. The predicted molar refractivity (Wildman–Crippen MR) is 92.1 cm³/mol. The highest BCUT2D eigenvalue weighted by atomic mass is 35.5. The van der Waals surface area contributed by atoms with E-state index in [2.05, 4.69) is 29.6 Å². The highest BCUT2D eigenvalue weighted by Gasteiger charge is 2.38. The zero-order chi connectivity index (χ0) is 14.9. The summed E-state index contributed by atoms with van der Waals surface area (Å²) < 4.78 is 0. The third-order valence-electron chi connectivity index (χ3n) is 5.26. The van der Waals surface area contributed by atoms with Crippen LogP contribution in [-0.2, 0) is 11.2 Å². The molecular weight excluding hydrogens is 296 g/mol. The minimum absolute atomic E-state index is 0. The van der Waals surface area contributed by atoms with Gasteiger partial charge in [0.05, 0.1) is 12.0 Å². The van der Waals surface area contributed by atoms with Crippen LogP contribution in [0, 0.1) is 5.92 Å². The van der Waals surface area contributed by atoms with Crippen LogP contribution in [0.15, 0.2) is 24.3 Å². The van der Waals surface area contributed by atoms with Crippen molar-refractivity contribution in [3.05, 3.63) is 35.4 Å². The molecule has 3 unspecified atom stereocenters. The molecule has 122 valence electrons. The Bertz CT molecular complexity index is 530. The zero-order valence-corrected chi connectivity index (χ0v) is 14.1. The Morgan fingerprint density at radius 3 is 2.77 bits per heavy atom. The van der Waals surface area contributed by atoms with Gasteiger partial charge in [0.15, 0.2) is 0 Å². The van der Waals surface area contributed by atoms with Crippen molar-refractivity contribution in [2.24, 2.45) is 11.7 Å². The average molecular weight is 323 g/mol. The van der Waals surface area contributed by atoms with Gasteiger partial charge in [0.1, 0.15) is 0 Å². The van der Waals surface area contributed by atoms with Gasteiger partial charge in [-0.05, 0) is 50.2 Å². The lowest BCUT2D eigenvalue weighted by atomic mass is 9.74. The minimum Gasteiger partial charge on any atom is -0.349 e. The topological polar surface area (TPSA) is 55.1 Å². The molecule has 0 spiro atoms. The van der Waals surface area contributed by atoms with E-state index in [1.807, 2.05) is 6.92 Å². The molecule has 0 aliphatic heterocycles.